The number of fused-ring (bicyclic) bond motifs is 1. The summed E-state index contributed by atoms with van der Waals surface area (Å²) in [5.74, 6) is -1.55. The van der Waals surface area contributed by atoms with Gasteiger partial charge in [0.05, 0.1) is 12.5 Å². The Bertz CT molecular complexity index is 737. The van der Waals surface area contributed by atoms with E-state index in [-0.39, 0.29) is 18.2 Å². The molecule has 122 valence electrons. The average Bonchev–Trinajstić information content (AvgIpc) is 3.16. The summed E-state index contributed by atoms with van der Waals surface area (Å²) in [6.07, 6.45) is 2.65. The number of amides is 1. The molecule has 7 heteroatoms. The van der Waals surface area contributed by atoms with Crippen molar-refractivity contribution in [2.75, 3.05) is 13.2 Å². The number of hydrogen-bond donors (Lipinski definition) is 3. The summed E-state index contributed by atoms with van der Waals surface area (Å²) in [5.41, 5.74) is 1.79. The number of nitrogens with one attached hydrogen (secondary N) is 2. The maximum Gasteiger partial charge on any atom is 0.326 e. The molecule has 0 radical (unpaired) electrons. The minimum absolute atomic E-state index is 0.227. The Balaban J connectivity index is 1.77. The third kappa shape index (κ3) is 3.56. The number of benzene rings is 1. The van der Waals surface area contributed by atoms with Gasteiger partial charge < -0.3 is 20.1 Å². The number of aromatic nitrogens is 1. The van der Waals surface area contributed by atoms with Gasteiger partial charge in [-0.15, -0.1) is 0 Å². The fraction of sp³-hybridized carbons (Fsp3) is 0.375. The van der Waals surface area contributed by atoms with E-state index in [1.807, 2.05) is 18.2 Å². The summed E-state index contributed by atoms with van der Waals surface area (Å²) in [4.78, 5) is 26.8. The number of hydrogen-bond acceptors (Lipinski definition) is 3. The lowest BCUT2D eigenvalue weighted by atomic mass is 10.0. The van der Waals surface area contributed by atoms with Crippen molar-refractivity contribution >= 4 is 38.7 Å². The highest BCUT2D eigenvalue weighted by atomic mass is 79.9. The highest BCUT2D eigenvalue weighted by molar-refractivity contribution is 9.10. The molecular formula is C16H17BrN2O4. The van der Waals surface area contributed by atoms with Gasteiger partial charge in [-0.3, -0.25) is 4.79 Å². The largest absolute Gasteiger partial charge is 0.480 e. The first-order valence-electron chi connectivity index (χ1n) is 7.41. The molecule has 0 saturated carbocycles. The maximum atomic E-state index is 12.1. The Kier molecular flexibility index (Phi) is 4.68. The molecule has 0 unspecified atom stereocenters. The van der Waals surface area contributed by atoms with Crippen molar-refractivity contribution in [3.05, 3.63) is 34.4 Å². The number of carbonyl (C=O) groups excluding carboxylic acids is 1. The molecule has 0 bridgehead atoms. The van der Waals surface area contributed by atoms with Gasteiger partial charge in [-0.05, 0) is 30.2 Å². The van der Waals surface area contributed by atoms with Crippen molar-refractivity contribution < 1.29 is 19.4 Å². The van der Waals surface area contributed by atoms with Crippen LogP contribution in [0, 0.1) is 5.92 Å². The Hall–Kier alpha value is -1.86. The monoisotopic (exact) mass is 380 g/mol. The van der Waals surface area contributed by atoms with E-state index in [1.165, 1.54) is 0 Å². The van der Waals surface area contributed by atoms with E-state index < -0.39 is 12.0 Å². The first-order valence-corrected chi connectivity index (χ1v) is 8.20. The number of carboxylic acids is 1. The molecule has 2 aromatic rings. The molecule has 2 heterocycles. The van der Waals surface area contributed by atoms with Crippen molar-refractivity contribution in [3.8, 4) is 0 Å². The third-order valence-electron chi connectivity index (χ3n) is 4.07. The Morgan fingerprint density at radius 1 is 1.48 bits per heavy atom. The van der Waals surface area contributed by atoms with Crippen LogP contribution in [0.3, 0.4) is 0 Å². The fourth-order valence-corrected chi connectivity index (χ4v) is 3.13. The molecule has 1 aromatic carbocycles. The zero-order valence-electron chi connectivity index (χ0n) is 12.3. The Labute approximate surface area is 141 Å². The SMILES string of the molecule is O=C(N[C@H](Cc1c[nH]c2ccc(Br)cc12)C(=O)O)[C@H]1CCOC1. The molecule has 6 nitrogen and oxygen atoms in total. The highest BCUT2D eigenvalue weighted by Crippen LogP contribution is 2.24. The summed E-state index contributed by atoms with van der Waals surface area (Å²) in [7, 11) is 0. The summed E-state index contributed by atoms with van der Waals surface area (Å²) in [6.45, 7) is 0.907. The summed E-state index contributed by atoms with van der Waals surface area (Å²) in [5, 5.41) is 13.0. The van der Waals surface area contributed by atoms with Gasteiger partial charge in [0.15, 0.2) is 0 Å². The van der Waals surface area contributed by atoms with Crippen molar-refractivity contribution in [2.24, 2.45) is 5.92 Å². The van der Waals surface area contributed by atoms with E-state index in [4.69, 9.17) is 4.74 Å². The molecule has 1 aromatic heterocycles. The lowest BCUT2D eigenvalue weighted by Crippen LogP contribution is -2.45. The smallest absolute Gasteiger partial charge is 0.326 e. The lowest BCUT2D eigenvalue weighted by molar-refractivity contribution is -0.142. The van der Waals surface area contributed by atoms with Crippen LogP contribution in [0.15, 0.2) is 28.9 Å². The van der Waals surface area contributed by atoms with Gasteiger partial charge in [-0.1, -0.05) is 15.9 Å². The van der Waals surface area contributed by atoms with Crippen molar-refractivity contribution in [1.82, 2.24) is 10.3 Å². The standard InChI is InChI=1S/C16H17BrN2O4/c17-11-1-2-13-12(6-11)10(7-18-13)5-14(16(21)22)19-15(20)9-3-4-23-8-9/h1-2,6-7,9,14,18H,3-5,8H2,(H,19,20)(H,21,22)/t9-,14+/m0/s1. The van der Waals surface area contributed by atoms with E-state index in [1.54, 1.807) is 6.20 Å². The predicted molar refractivity (Wildman–Crippen MR) is 88.2 cm³/mol. The minimum Gasteiger partial charge on any atom is -0.480 e. The van der Waals surface area contributed by atoms with E-state index in [0.717, 1.165) is 20.9 Å². The normalized spacial score (nSPS) is 18.9. The second-order valence-electron chi connectivity index (χ2n) is 5.67. The van der Waals surface area contributed by atoms with Crippen LogP contribution < -0.4 is 5.32 Å². The van der Waals surface area contributed by atoms with Gasteiger partial charge in [0.1, 0.15) is 6.04 Å². The number of carboxylic acid groups (broad SMARTS) is 1. The molecule has 3 N–H and O–H groups in total. The first-order chi connectivity index (χ1) is 11.0. The van der Waals surface area contributed by atoms with Crippen LogP contribution in [0.25, 0.3) is 10.9 Å². The molecule has 1 saturated heterocycles. The molecule has 1 fully saturated rings. The van der Waals surface area contributed by atoms with Gasteiger partial charge >= 0.3 is 5.97 Å². The van der Waals surface area contributed by atoms with E-state index in [2.05, 4.69) is 26.2 Å². The zero-order valence-corrected chi connectivity index (χ0v) is 13.9. The minimum atomic E-state index is -1.04. The lowest BCUT2D eigenvalue weighted by Gasteiger charge is -2.16. The quantitative estimate of drug-likeness (QED) is 0.740. The molecule has 1 aliphatic rings. The first kappa shape index (κ1) is 16.0. The number of H-pyrrole nitrogens is 1. The van der Waals surface area contributed by atoms with Crippen molar-refractivity contribution in [3.63, 3.8) is 0 Å². The molecule has 2 atom stereocenters. The van der Waals surface area contributed by atoms with Gasteiger partial charge in [0.2, 0.25) is 5.91 Å². The Morgan fingerprint density at radius 3 is 3.00 bits per heavy atom. The van der Waals surface area contributed by atoms with Crippen LogP contribution in [0.5, 0.6) is 0 Å². The summed E-state index contributed by atoms with van der Waals surface area (Å²) >= 11 is 3.42. The number of rotatable bonds is 5. The number of halogens is 1. The average molecular weight is 381 g/mol. The number of aromatic amines is 1. The number of aliphatic carboxylic acids is 1. The summed E-state index contributed by atoms with van der Waals surface area (Å²) < 4.78 is 6.10. The maximum absolute atomic E-state index is 12.1. The second kappa shape index (κ2) is 6.72. The molecular weight excluding hydrogens is 364 g/mol. The van der Waals surface area contributed by atoms with E-state index >= 15 is 0 Å². The van der Waals surface area contributed by atoms with Crippen LogP contribution in [-0.4, -0.2) is 41.2 Å². The third-order valence-corrected chi connectivity index (χ3v) is 4.56. The van der Waals surface area contributed by atoms with Crippen LogP contribution in [0.2, 0.25) is 0 Å². The van der Waals surface area contributed by atoms with Crippen molar-refractivity contribution in [2.45, 2.75) is 18.9 Å². The van der Waals surface area contributed by atoms with Gasteiger partial charge in [0, 0.05) is 34.6 Å². The predicted octanol–water partition coefficient (Wildman–Crippen LogP) is 2.08. The topological polar surface area (TPSA) is 91.4 Å². The molecule has 1 aliphatic heterocycles. The molecule has 0 aliphatic carbocycles. The van der Waals surface area contributed by atoms with Crippen molar-refractivity contribution in [1.29, 1.82) is 0 Å². The zero-order chi connectivity index (χ0) is 16.4. The molecule has 0 spiro atoms. The molecule has 1 amide bonds. The highest BCUT2D eigenvalue weighted by Gasteiger charge is 2.28. The molecule has 3 rings (SSSR count). The number of carbonyl (C=O) groups is 2. The molecule has 23 heavy (non-hydrogen) atoms. The van der Waals surface area contributed by atoms with Crippen LogP contribution >= 0.6 is 15.9 Å². The van der Waals surface area contributed by atoms with Gasteiger partial charge in [0.25, 0.3) is 0 Å². The van der Waals surface area contributed by atoms with Crippen LogP contribution in [0.1, 0.15) is 12.0 Å². The van der Waals surface area contributed by atoms with Gasteiger partial charge in [-0.2, -0.15) is 0 Å². The van der Waals surface area contributed by atoms with E-state index in [0.29, 0.717) is 19.6 Å². The summed E-state index contributed by atoms with van der Waals surface area (Å²) in [6, 6.07) is 4.82. The fourth-order valence-electron chi connectivity index (χ4n) is 2.77. The van der Waals surface area contributed by atoms with E-state index in [9.17, 15) is 14.7 Å². The number of ether oxygens (including phenoxy) is 1. The van der Waals surface area contributed by atoms with Crippen LogP contribution in [0.4, 0.5) is 0 Å². The second-order valence-corrected chi connectivity index (χ2v) is 6.58. The van der Waals surface area contributed by atoms with Gasteiger partial charge in [-0.25, -0.2) is 4.79 Å². The van der Waals surface area contributed by atoms with Crippen LogP contribution in [-0.2, 0) is 20.7 Å². The Morgan fingerprint density at radius 2 is 2.30 bits per heavy atom.